The lowest BCUT2D eigenvalue weighted by Gasteiger charge is -2.29. The van der Waals surface area contributed by atoms with Crippen LogP contribution in [0.3, 0.4) is 0 Å². The van der Waals surface area contributed by atoms with E-state index >= 15 is 0 Å². The van der Waals surface area contributed by atoms with Crippen LogP contribution in [0.5, 0.6) is 0 Å². The molecule has 3 heteroatoms. The largest absolute Gasteiger partial charge is 0.469 e. The fourth-order valence-electron chi connectivity index (χ4n) is 2.69. The van der Waals surface area contributed by atoms with Crippen LogP contribution in [0.1, 0.15) is 31.9 Å². The molecule has 0 aliphatic carbocycles. The molecule has 0 bridgehead atoms. The summed E-state index contributed by atoms with van der Waals surface area (Å²) in [7, 11) is 2.22. The highest BCUT2D eigenvalue weighted by Crippen LogP contribution is 2.18. The lowest BCUT2D eigenvalue weighted by atomic mass is 9.94. The highest BCUT2D eigenvalue weighted by molar-refractivity contribution is 4.99. The van der Waals surface area contributed by atoms with E-state index in [0.29, 0.717) is 6.04 Å². The predicted molar refractivity (Wildman–Crippen MR) is 74.7 cm³/mol. The number of furan rings is 1. The summed E-state index contributed by atoms with van der Waals surface area (Å²) in [6, 6.07) is 4.51. The van der Waals surface area contributed by atoms with E-state index in [2.05, 4.69) is 30.3 Å². The molecule has 18 heavy (non-hydrogen) atoms. The fraction of sp³-hybridized carbons (Fsp3) is 0.733. The Morgan fingerprint density at radius 3 is 2.89 bits per heavy atom. The van der Waals surface area contributed by atoms with Crippen molar-refractivity contribution >= 4 is 0 Å². The number of likely N-dealkylation sites (tertiary alicyclic amines) is 1. The summed E-state index contributed by atoms with van der Waals surface area (Å²) in [5.74, 6) is 2.00. The number of rotatable bonds is 6. The minimum atomic E-state index is 0.502. The van der Waals surface area contributed by atoms with Crippen LogP contribution in [-0.2, 0) is 6.42 Å². The number of nitrogens with zero attached hydrogens (tertiary/aromatic N) is 1. The van der Waals surface area contributed by atoms with Crippen molar-refractivity contribution in [1.29, 1.82) is 0 Å². The molecule has 0 spiro atoms. The molecule has 1 aromatic rings. The molecular formula is C15H26N2O. The maximum Gasteiger partial charge on any atom is 0.105 e. The van der Waals surface area contributed by atoms with Gasteiger partial charge in [0, 0.05) is 12.5 Å². The molecule has 1 aromatic heterocycles. The van der Waals surface area contributed by atoms with Crippen molar-refractivity contribution in [2.75, 3.05) is 26.7 Å². The predicted octanol–water partition coefficient (Wildman–Crippen LogP) is 2.53. The zero-order valence-electron chi connectivity index (χ0n) is 11.7. The first-order valence-electron chi connectivity index (χ1n) is 7.18. The molecule has 0 aromatic carbocycles. The normalized spacial score (nSPS) is 20.1. The molecule has 0 saturated carbocycles. The summed E-state index contributed by atoms with van der Waals surface area (Å²) in [6.45, 7) is 5.91. The molecule has 1 N–H and O–H groups in total. The van der Waals surface area contributed by atoms with Crippen LogP contribution in [0.4, 0.5) is 0 Å². The first-order chi connectivity index (χ1) is 8.74. The van der Waals surface area contributed by atoms with Crippen molar-refractivity contribution < 1.29 is 4.42 Å². The van der Waals surface area contributed by atoms with Crippen LogP contribution in [0.2, 0.25) is 0 Å². The van der Waals surface area contributed by atoms with Crippen molar-refractivity contribution in [2.24, 2.45) is 5.92 Å². The van der Waals surface area contributed by atoms with Gasteiger partial charge in [-0.15, -0.1) is 0 Å². The van der Waals surface area contributed by atoms with E-state index in [-0.39, 0.29) is 0 Å². The Morgan fingerprint density at radius 2 is 2.22 bits per heavy atom. The molecule has 1 saturated heterocycles. The van der Waals surface area contributed by atoms with Gasteiger partial charge in [0.2, 0.25) is 0 Å². The minimum Gasteiger partial charge on any atom is -0.469 e. The van der Waals surface area contributed by atoms with Crippen LogP contribution < -0.4 is 5.32 Å². The molecule has 2 heterocycles. The quantitative estimate of drug-likeness (QED) is 0.841. The smallest absolute Gasteiger partial charge is 0.105 e. The Morgan fingerprint density at radius 1 is 1.44 bits per heavy atom. The summed E-state index contributed by atoms with van der Waals surface area (Å²) in [6.07, 6.45) is 6.78. The van der Waals surface area contributed by atoms with Gasteiger partial charge in [-0.2, -0.15) is 0 Å². The molecule has 1 atom stereocenters. The minimum absolute atomic E-state index is 0.502. The number of nitrogens with one attached hydrogen (secondary N) is 1. The van der Waals surface area contributed by atoms with E-state index in [1.807, 2.05) is 6.07 Å². The molecule has 1 unspecified atom stereocenters. The summed E-state index contributed by atoms with van der Waals surface area (Å²) >= 11 is 0. The van der Waals surface area contributed by atoms with Gasteiger partial charge >= 0.3 is 0 Å². The molecule has 1 aliphatic rings. The topological polar surface area (TPSA) is 28.4 Å². The summed E-state index contributed by atoms with van der Waals surface area (Å²) < 4.78 is 5.37. The van der Waals surface area contributed by atoms with Gasteiger partial charge in [-0.3, -0.25) is 0 Å². The van der Waals surface area contributed by atoms with Gasteiger partial charge in [0.25, 0.3) is 0 Å². The zero-order chi connectivity index (χ0) is 12.8. The van der Waals surface area contributed by atoms with Gasteiger partial charge < -0.3 is 14.6 Å². The van der Waals surface area contributed by atoms with E-state index in [1.54, 1.807) is 6.26 Å². The summed E-state index contributed by atoms with van der Waals surface area (Å²) in [4.78, 5) is 2.43. The zero-order valence-corrected chi connectivity index (χ0v) is 11.7. The molecule has 3 nitrogen and oxygen atoms in total. The maximum atomic E-state index is 5.37. The van der Waals surface area contributed by atoms with Crippen LogP contribution >= 0.6 is 0 Å². The van der Waals surface area contributed by atoms with E-state index in [4.69, 9.17) is 4.42 Å². The molecule has 1 aliphatic heterocycles. The third kappa shape index (κ3) is 4.46. The van der Waals surface area contributed by atoms with Crippen molar-refractivity contribution in [3.8, 4) is 0 Å². The van der Waals surface area contributed by atoms with Gasteiger partial charge in [0.1, 0.15) is 5.76 Å². The van der Waals surface area contributed by atoms with Crippen molar-refractivity contribution in [2.45, 2.75) is 38.6 Å². The second kappa shape index (κ2) is 6.95. The number of hydrogen-bond acceptors (Lipinski definition) is 3. The molecule has 102 valence electrons. The fourth-order valence-corrected chi connectivity index (χ4v) is 2.69. The van der Waals surface area contributed by atoms with E-state index in [1.165, 1.54) is 32.4 Å². The average molecular weight is 250 g/mol. The van der Waals surface area contributed by atoms with Gasteiger partial charge in [-0.25, -0.2) is 0 Å². The van der Waals surface area contributed by atoms with Crippen LogP contribution in [0, 0.1) is 5.92 Å². The Hall–Kier alpha value is -0.800. The molecule has 1 fully saturated rings. The Balaban J connectivity index is 1.57. The van der Waals surface area contributed by atoms with Crippen molar-refractivity contribution in [1.82, 2.24) is 10.2 Å². The van der Waals surface area contributed by atoms with Crippen molar-refractivity contribution in [3.63, 3.8) is 0 Å². The van der Waals surface area contributed by atoms with E-state index in [0.717, 1.165) is 24.6 Å². The first kappa shape index (κ1) is 13.6. The molecule has 2 rings (SSSR count). The Kier molecular flexibility index (Phi) is 5.26. The second-order valence-corrected chi connectivity index (χ2v) is 5.67. The highest BCUT2D eigenvalue weighted by Gasteiger charge is 2.16. The summed E-state index contributed by atoms with van der Waals surface area (Å²) in [5, 5.41) is 3.61. The van der Waals surface area contributed by atoms with Gasteiger partial charge in [0.05, 0.1) is 6.26 Å². The van der Waals surface area contributed by atoms with Crippen LogP contribution in [0.15, 0.2) is 22.8 Å². The lowest BCUT2D eigenvalue weighted by Crippen LogP contribution is -2.34. The third-order valence-corrected chi connectivity index (χ3v) is 3.97. The van der Waals surface area contributed by atoms with Crippen LogP contribution in [-0.4, -0.2) is 37.6 Å². The van der Waals surface area contributed by atoms with Gasteiger partial charge in [-0.1, -0.05) is 0 Å². The Bertz CT molecular complexity index is 315. The maximum absolute atomic E-state index is 5.37. The van der Waals surface area contributed by atoms with Crippen molar-refractivity contribution in [3.05, 3.63) is 24.2 Å². The third-order valence-electron chi connectivity index (χ3n) is 3.97. The average Bonchev–Trinajstić information content (AvgIpc) is 2.84. The molecule has 0 amide bonds. The van der Waals surface area contributed by atoms with Gasteiger partial charge in [0.15, 0.2) is 0 Å². The Labute approximate surface area is 111 Å². The monoisotopic (exact) mass is 250 g/mol. The molecule has 0 radical (unpaired) electrons. The number of piperidine rings is 1. The lowest BCUT2D eigenvalue weighted by molar-refractivity contribution is 0.210. The standard InChI is InChI=1S/C15H26N2O/c1-13(12-15-4-3-11-18-15)16-8-5-14-6-9-17(2)10-7-14/h3-4,11,13-14,16H,5-10,12H2,1-2H3. The second-order valence-electron chi connectivity index (χ2n) is 5.67. The van der Waals surface area contributed by atoms with Gasteiger partial charge in [-0.05, 0) is 70.9 Å². The first-order valence-corrected chi connectivity index (χ1v) is 7.18. The SMILES string of the molecule is CC(Cc1ccco1)NCCC1CCN(C)CC1. The highest BCUT2D eigenvalue weighted by atomic mass is 16.3. The van der Waals surface area contributed by atoms with Crippen LogP contribution in [0.25, 0.3) is 0 Å². The van der Waals surface area contributed by atoms with E-state index < -0.39 is 0 Å². The molecular weight excluding hydrogens is 224 g/mol. The van der Waals surface area contributed by atoms with E-state index in [9.17, 15) is 0 Å². The summed E-state index contributed by atoms with van der Waals surface area (Å²) in [5.41, 5.74) is 0. The number of hydrogen-bond donors (Lipinski definition) is 1.